The number of hydrogen-bond acceptors (Lipinski definition) is 3. The first-order valence-corrected chi connectivity index (χ1v) is 7.71. The molecule has 2 N–H and O–H groups in total. The number of hydrogen-bond donors (Lipinski definition) is 2. The van der Waals surface area contributed by atoms with E-state index in [-0.39, 0.29) is 12.5 Å². The third kappa shape index (κ3) is 3.83. The highest BCUT2D eigenvalue weighted by molar-refractivity contribution is 9.10. The third-order valence-electron chi connectivity index (χ3n) is 3.74. The number of nitrogens with zero attached hydrogens (tertiary/aromatic N) is 1. The maximum absolute atomic E-state index is 12.3. The molecular formula is C15H19BrN2O3. The van der Waals surface area contributed by atoms with Gasteiger partial charge in [0.1, 0.15) is 0 Å². The lowest BCUT2D eigenvalue weighted by Gasteiger charge is -2.37. The Hall–Kier alpha value is -1.40. The van der Waals surface area contributed by atoms with Crippen LogP contribution in [0.3, 0.4) is 0 Å². The fourth-order valence-electron chi connectivity index (χ4n) is 2.47. The Kier molecular flexibility index (Phi) is 5.00. The van der Waals surface area contributed by atoms with Gasteiger partial charge in [-0.25, -0.2) is 0 Å². The van der Waals surface area contributed by atoms with E-state index in [0.717, 1.165) is 10.0 Å². The zero-order chi connectivity index (χ0) is 15.5. The lowest BCUT2D eigenvalue weighted by molar-refractivity contribution is -0.150. The highest BCUT2D eigenvalue weighted by Gasteiger charge is 2.40. The van der Waals surface area contributed by atoms with E-state index in [1.165, 1.54) is 11.8 Å². The first kappa shape index (κ1) is 16.0. The Morgan fingerprint density at radius 2 is 2.14 bits per heavy atom. The van der Waals surface area contributed by atoms with E-state index >= 15 is 0 Å². The average Bonchev–Trinajstić information content (AvgIpc) is 2.46. The van der Waals surface area contributed by atoms with Crippen molar-refractivity contribution in [2.75, 3.05) is 13.1 Å². The number of rotatable bonds is 3. The van der Waals surface area contributed by atoms with Gasteiger partial charge in [-0.2, -0.15) is 0 Å². The maximum Gasteiger partial charge on any atom is 0.254 e. The molecule has 1 heterocycles. The average molecular weight is 355 g/mol. The number of halogens is 1. The number of carbonyl (C=O) groups excluding carboxylic acids is 2. The van der Waals surface area contributed by atoms with Crippen LogP contribution in [0.2, 0.25) is 0 Å². The summed E-state index contributed by atoms with van der Waals surface area (Å²) in [5, 5.41) is 13.2. The van der Waals surface area contributed by atoms with E-state index in [2.05, 4.69) is 21.2 Å². The van der Waals surface area contributed by atoms with Gasteiger partial charge in [0, 0.05) is 24.5 Å². The van der Waals surface area contributed by atoms with Gasteiger partial charge in [0.05, 0.1) is 6.54 Å². The Morgan fingerprint density at radius 3 is 2.81 bits per heavy atom. The van der Waals surface area contributed by atoms with Crippen molar-refractivity contribution in [1.82, 2.24) is 10.2 Å². The number of carbonyl (C=O) groups is 2. The largest absolute Gasteiger partial charge is 0.378 e. The number of piperidine rings is 1. The zero-order valence-electron chi connectivity index (χ0n) is 11.9. The molecule has 0 bridgehead atoms. The molecule has 1 aromatic rings. The molecule has 1 unspecified atom stereocenters. The summed E-state index contributed by atoms with van der Waals surface area (Å²) >= 11 is 3.42. The lowest BCUT2D eigenvalue weighted by atomic mass is 9.91. The molecule has 114 valence electrons. The topological polar surface area (TPSA) is 69.6 Å². The van der Waals surface area contributed by atoms with Gasteiger partial charge in [-0.05, 0) is 24.5 Å². The standard InChI is InChI=1S/C15H19BrN2O3/c1-11(19)18-8-4-7-15(21,10-18)14(20)17-9-12-5-2-3-6-13(12)16/h2-3,5-6,21H,4,7-10H2,1H3,(H,17,20). The molecule has 0 aromatic heterocycles. The second-order valence-corrected chi connectivity index (χ2v) is 6.20. The fourth-order valence-corrected chi connectivity index (χ4v) is 2.90. The van der Waals surface area contributed by atoms with Crippen LogP contribution < -0.4 is 5.32 Å². The molecular weight excluding hydrogens is 336 g/mol. The molecule has 1 aliphatic heterocycles. The van der Waals surface area contributed by atoms with Crippen molar-refractivity contribution in [1.29, 1.82) is 0 Å². The Morgan fingerprint density at radius 1 is 1.43 bits per heavy atom. The van der Waals surface area contributed by atoms with E-state index in [1.54, 1.807) is 0 Å². The molecule has 1 fully saturated rings. The molecule has 0 radical (unpaired) electrons. The molecule has 0 aliphatic carbocycles. The minimum atomic E-state index is -1.49. The molecule has 1 saturated heterocycles. The van der Waals surface area contributed by atoms with Crippen molar-refractivity contribution in [3.8, 4) is 0 Å². The number of likely N-dealkylation sites (tertiary alicyclic amines) is 1. The van der Waals surface area contributed by atoms with Crippen LogP contribution in [0.4, 0.5) is 0 Å². The maximum atomic E-state index is 12.3. The van der Waals surface area contributed by atoms with Gasteiger partial charge in [-0.15, -0.1) is 0 Å². The highest BCUT2D eigenvalue weighted by Crippen LogP contribution is 2.22. The summed E-state index contributed by atoms with van der Waals surface area (Å²) in [5.74, 6) is -0.545. The number of benzene rings is 1. The minimum Gasteiger partial charge on any atom is -0.378 e. The van der Waals surface area contributed by atoms with Gasteiger partial charge >= 0.3 is 0 Å². The van der Waals surface area contributed by atoms with Crippen LogP contribution in [0.1, 0.15) is 25.3 Å². The van der Waals surface area contributed by atoms with E-state index in [9.17, 15) is 14.7 Å². The summed E-state index contributed by atoms with van der Waals surface area (Å²) in [6.07, 6.45) is 0.997. The first-order chi connectivity index (χ1) is 9.92. The van der Waals surface area contributed by atoms with E-state index < -0.39 is 11.5 Å². The van der Waals surface area contributed by atoms with Crippen LogP contribution in [0, 0.1) is 0 Å². The molecule has 2 rings (SSSR count). The fraction of sp³-hybridized carbons (Fsp3) is 0.467. The van der Waals surface area contributed by atoms with Gasteiger partial charge in [0.15, 0.2) is 5.60 Å². The SMILES string of the molecule is CC(=O)N1CCCC(O)(C(=O)NCc2ccccc2Br)C1. The van der Waals surface area contributed by atoms with Crippen LogP contribution in [-0.2, 0) is 16.1 Å². The lowest BCUT2D eigenvalue weighted by Crippen LogP contribution is -2.57. The molecule has 0 spiro atoms. The number of β-amino-alcohol motifs (C(OH)–C–C–N with tert-alkyl or cyclic N) is 1. The van der Waals surface area contributed by atoms with E-state index in [0.29, 0.717) is 25.9 Å². The zero-order valence-corrected chi connectivity index (χ0v) is 13.5. The van der Waals surface area contributed by atoms with Crippen molar-refractivity contribution >= 4 is 27.7 Å². The Bertz CT molecular complexity index is 549. The smallest absolute Gasteiger partial charge is 0.254 e. The minimum absolute atomic E-state index is 0.0596. The first-order valence-electron chi connectivity index (χ1n) is 6.92. The van der Waals surface area contributed by atoms with Gasteiger partial charge in [0.2, 0.25) is 5.91 Å². The second kappa shape index (κ2) is 6.58. The predicted octanol–water partition coefficient (Wildman–Crippen LogP) is 1.44. The quantitative estimate of drug-likeness (QED) is 0.862. The molecule has 0 saturated carbocycles. The summed E-state index contributed by atoms with van der Waals surface area (Å²) < 4.78 is 0.909. The van der Waals surface area contributed by atoms with Crippen molar-refractivity contribution in [2.45, 2.75) is 31.9 Å². The normalized spacial score (nSPS) is 22.0. The van der Waals surface area contributed by atoms with Crippen LogP contribution in [0.25, 0.3) is 0 Å². The van der Waals surface area contributed by atoms with Gasteiger partial charge in [-0.1, -0.05) is 34.1 Å². The predicted molar refractivity (Wildman–Crippen MR) is 82.4 cm³/mol. The Labute approximate surface area is 132 Å². The second-order valence-electron chi connectivity index (χ2n) is 5.35. The highest BCUT2D eigenvalue weighted by atomic mass is 79.9. The monoisotopic (exact) mass is 354 g/mol. The molecule has 1 aliphatic rings. The van der Waals surface area contributed by atoms with Crippen molar-refractivity contribution in [3.63, 3.8) is 0 Å². The number of aliphatic hydroxyl groups is 1. The van der Waals surface area contributed by atoms with Crippen LogP contribution in [-0.4, -0.2) is 40.5 Å². The summed E-state index contributed by atoms with van der Waals surface area (Å²) in [6, 6.07) is 7.58. The number of amides is 2. The van der Waals surface area contributed by atoms with Gasteiger partial charge in [-0.3, -0.25) is 9.59 Å². The van der Waals surface area contributed by atoms with Gasteiger partial charge in [0.25, 0.3) is 5.91 Å². The summed E-state index contributed by atoms with van der Waals surface area (Å²) in [4.78, 5) is 25.2. The molecule has 21 heavy (non-hydrogen) atoms. The molecule has 1 aromatic carbocycles. The molecule has 5 nitrogen and oxygen atoms in total. The third-order valence-corrected chi connectivity index (χ3v) is 4.51. The summed E-state index contributed by atoms with van der Waals surface area (Å²) in [7, 11) is 0. The van der Waals surface area contributed by atoms with E-state index in [4.69, 9.17) is 0 Å². The van der Waals surface area contributed by atoms with Crippen LogP contribution in [0.5, 0.6) is 0 Å². The van der Waals surface area contributed by atoms with Crippen LogP contribution >= 0.6 is 15.9 Å². The molecule has 1 atom stereocenters. The van der Waals surface area contributed by atoms with Crippen LogP contribution in [0.15, 0.2) is 28.7 Å². The molecule has 2 amide bonds. The Balaban J connectivity index is 1.99. The van der Waals surface area contributed by atoms with Crippen molar-refractivity contribution < 1.29 is 14.7 Å². The van der Waals surface area contributed by atoms with Crippen molar-refractivity contribution in [3.05, 3.63) is 34.3 Å². The molecule has 6 heteroatoms. The van der Waals surface area contributed by atoms with E-state index in [1.807, 2.05) is 24.3 Å². The van der Waals surface area contributed by atoms with Gasteiger partial charge < -0.3 is 15.3 Å². The number of nitrogens with one attached hydrogen (secondary N) is 1. The summed E-state index contributed by atoms with van der Waals surface area (Å²) in [6.45, 7) is 2.44. The van der Waals surface area contributed by atoms with Crippen molar-refractivity contribution in [2.24, 2.45) is 0 Å². The summed E-state index contributed by atoms with van der Waals surface area (Å²) in [5.41, 5.74) is -0.556.